The molecule has 0 aliphatic rings. The van der Waals surface area contributed by atoms with Gasteiger partial charge in [-0.15, -0.1) is 0 Å². The molecule has 2 N–H and O–H groups in total. The molecule has 0 saturated heterocycles. The molecule has 0 saturated carbocycles. The van der Waals surface area contributed by atoms with Gasteiger partial charge in [0.2, 0.25) is 0 Å². The van der Waals surface area contributed by atoms with Crippen LogP contribution in [0.4, 0.5) is 14.5 Å². The number of carbonyl (C=O) groups is 1. The lowest BCUT2D eigenvalue weighted by Gasteiger charge is -2.08. The van der Waals surface area contributed by atoms with E-state index < -0.39 is 28.5 Å². The summed E-state index contributed by atoms with van der Waals surface area (Å²) in [6, 6.07) is 1.49. The Labute approximate surface area is 88.3 Å². The Hall–Kier alpha value is -1.74. The highest BCUT2D eigenvalue weighted by Gasteiger charge is 2.24. The van der Waals surface area contributed by atoms with Crippen molar-refractivity contribution in [1.82, 2.24) is 4.98 Å². The second-order valence-electron chi connectivity index (χ2n) is 2.54. The van der Waals surface area contributed by atoms with Gasteiger partial charge >= 0.3 is 0 Å². The van der Waals surface area contributed by atoms with Crippen molar-refractivity contribution in [2.75, 3.05) is 5.73 Å². The van der Waals surface area contributed by atoms with E-state index in [1.807, 2.05) is 0 Å². The minimum atomic E-state index is -2.99. The van der Waals surface area contributed by atoms with E-state index in [2.05, 4.69) is 4.98 Å². The van der Waals surface area contributed by atoms with Gasteiger partial charge in [0.15, 0.2) is 5.69 Å². The first-order chi connectivity index (χ1) is 6.99. The second-order valence-corrected chi connectivity index (χ2v) is 2.88. The van der Waals surface area contributed by atoms with E-state index in [9.17, 15) is 13.6 Å². The van der Waals surface area contributed by atoms with Crippen LogP contribution < -0.4 is 5.73 Å². The third kappa shape index (κ3) is 2.02. The van der Waals surface area contributed by atoms with Crippen LogP contribution in [0.1, 0.15) is 28.0 Å². The maximum atomic E-state index is 12.5. The van der Waals surface area contributed by atoms with Crippen molar-refractivity contribution in [2.45, 2.75) is 6.43 Å². The summed E-state index contributed by atoms with van der Waals surface area (Å²) >= 11 is 5.09. The number of alkyl halides is 2. The zero-order chi connectivity index (χ0) is 11.6. The van der Waals surface area contributed by atoms with E-state index in [4.69, 9.17) is 22.6 Å². The van der Waals surface area contributed by atoms with Crippen molar-refractivity contribution in [3.05, 3.63) is 23.0 Å². The van der Waals surface area contributed by atoms with E-state index in [1.165, 1.54) is 6.07 Å². The summed E-state index contributed by atoms with van der Waals surface area (Å²) in [6.07, 6.45) is -2.10. The van der Waals surface area contributed by atoms with Crippen molar-refractivity contribution in [1.29, 1.82) is 5.26 Å². The smallest absolute Gasteiger partial charge is 0.266 e. The summed E-state index contributed by atoms with van der Waals surface area (Å²) < 4.78 is 25.1. The van der Waals surface area contributed by atoms with Gasteiger partial charge in [-0.2, -0.15) is 5.26 Å². The van der Waals surface area contributed by atoms with Crippen LogP contribution in [-0.2, 0) is 0 Å². The highest BCUT2D eigenvalue weighted by atomic mass is 35.5. The molecule has 0 aromatic carbocycles. The predicted octanol–water partition coefficient (Wildman–Crippen LogP) is 1.85. The van der Waals surface area contributed by atoms with E-state index in [0.717, 1.165) is 6.20 Å². The molecular formula is C8H4ClF2N3O. The standard InChI is InChI=1S/C8H4ClF2N3O/c9-7(15)6-4(1-12)14-2-3(13)5(6)8(10)11/h2,8H,13H2. The SMILES string of the molecule is N#Cc1ncc(N)c(C(F)F)c1C(=O)Cl. The largest absolute Gasteiger partial charge is 0.397 e. The van der Waals surface area contributed by atoms with E-state index >= 15 is 0 Å². The number of carbonyl (C=O) groups excluding carboxylic acids is 1. The summed E-state index contributed by atoms with van der Waals surface area (Å²) in [6.45, 7) is 0. The fourth-order valence-electron chi connectivity index (χ4n) is 1.06. The summed E-state index contributed by atoms with van der Waals surface area (Å²) in [7, 11) is 0. The molecule has 0 bridgehead atoms. The summed E-state index contributed by atoms with van der Waals surface area (Å²) in [4.78, 5) is 14.3. The van der Waals surface area contributed by atoms with Gasteiger partial charge < -0.3 is 5.73 Å². The molecule has 1 rings (SSSR count). The molecular weight excluding hydrogens is 228 g/mol. The number of nitriles is 1. The Bertz CT molecular complexity index is 456. The lowest BCUT2D eigenvalue weighted by molar-refractivity contribution is 0.106. The maximum Gasteiger partial charge on any atom is 0.266 e. The Morgan fingerprint density at radius 1 is 1.67 bits per heavy atom. The summed E-state index contributed by atoms with van der Waals surface area (Å²) in [5.41, 5.74) is 3.02. The molecule has 0 radical (unpaired) electrons. The fourth-order valence-corrected chi connectivity index (χ4v) is 1.25. The number of aromatic nitrogens is 1. The Balaban J connectivity index is 3.60. The second kappa shape index (κ2) is 4.19. The number of halogens is 3. The molecule has 0 spiro atoms. The highest BCUT2D eigenvalue weighted by molar-refractivity contribution is 6.68. The van der Waals surface area contributed by atoms with Crippen molar-refractivity contribution in [2.24, 2.45) is 0 Å². The lowest BCUT2D eigenvalue weighted by Crippen LogP contribution is -2.08. The minimum absolute atomic E-state index is 0.368. The molecule has 1 aromatic rings. The average Bonchev–Trinajstić information content (AvgIpc) is 2.16. The van der Waals surface area contributed by atoms with Crippen LogP contribution in [0, 0.1) is 11.3 Å². The van der Waals surface area contributed by atoms with Crippen LogP contribution in [0.25, 0.3) is 0 Å². The molecule has 4 nitrogen and oxygen atoms in total. The molecule has 0 atom stereocenters. The number of hydrogen-bond donors (Lipinski definition) is 1. The monoisotopic (exact) mass is 231 g/mol. The van der Waals surface area contributed by atoms with Crippen molar-refractivity contribution in [3.63, 3.8) is 0 Å². The third-order valence-corrected chi connectivity index (χ3v) is 1.86. The van der Waals surface area contributed by atoms with Crippen molar-refractivity contribution < 1.29 is 13.6 Å². The number of hydrogen-bond acceptors (Lipinski definition) is 4. The number of nitrogens with two attached hydrogens (primary N) is 1. The van der Waals surface area contributed by atoms with Crippen LogP contribution in [-0.4, -0.2) is 10.2 Å². The molecule has 15 heavy (non-hydrogen) atoms. The minimum Gasteiger partial charge on any atom is -0.397 e. The van der Waals surface area contributed by atoms with Crippen LogP contribution >= 0.6 is 11.6 Å². The molecule has 78 valence electrons. The summed E-state index contributed by atoms with van der Waals surface area (Å²) in [5, 5.41) is 7.38. The van der Waals surface area contributed by atoms with Gasteiger partial charge in [-0.3, -0.25) is 4.79 Å². The molecule has 0 unspecified atom stereocenters. The van der Waals surface area contributed by atoms with E-state index in [1.54, 1.807) is 0 Å². The average molecular weight is 232 g/mol. The molecule has 0 amide bonds. The first-order valence-corrected chi connectivity index (χ1v) is 4.03. The zero-order valence-electron chi connectivity index (χ0n) is 7.17. The predicted molar refractivity (Wildman–Crippen MR) is 48.5 cm³/mol. The number of nitrogen functional groups attached to an aromatic ring is 1. The van der Waals surface area contributed by atoms with Gasteiger partial charge in [0.05, 0.1) is 23.0 Å². The van der Waals surface area contributed by atoms with Gasteiger partial charge in [-0.05, 0) is 11.6 Å². The molecule has 1 heterocycles. The Morgan fingerprint density at radius 3 is 2.67 bits per heavy atom. The van der Waals surface area contributed by atoms with Crippen LogP contribution in [0.3, 0.4) is 0 Å². The topological polar surface area (TPSA) is 79.8 Å². The first kappa shape index (κ1) is 11.3. The quantitative estimate of drug-likeness (QED) is 0.788. The highest BCUT2D eigenvalue weighted by Crippen LogP contribution is 2.30. The van der Waals surface area contributed by atoms with E-state index in [-0.39, 0.29) is 5.69 Å². The fraction of sp³-hybridized carbons (Fsp3) is 0.125. The van der Waals surface area contributed by atoms with Crippen LogP contribution in [0.5, 0.6) is 0 Å². The normalized spacial score (nSPS) is 10.1. The molecule has 0 aliphatic carbocycles. The van der Waals surface area contributed by atoms with E-state index in [0.29, 0.717) is 0 Å². The van der Waals surface area contributed by atoms with Gasteiger partial charge in [0, 0.05) is 0 Å². The number of nitrogens with zero attached hydrogens (tertiary/aromatic N) is 2. The van der Waals surface area contributed by atoms with Gasteiger partial charge in [0.25, 0.3) is 11.7 Å². The maximum absolute atomic E-state index is 12.5. The molecule has 1 aromatic heterocycles. The number of anilines is 1. The molecule has 0 aliphatic heterocycles. The molecule has 7 heteroatoms. The van der Waals surface area contributed by atoms with Crippen molar-refractivity contribution >= 4 is 22.5 Å². The molecule has 0 fully saturated rings. The van der Waals surface area contributed by atoms with Gasteiger partial charge in [-0.25, -0.2) is 13.8 Å². The first-order valence-electron chi connectivity index (χ1n) is 3.65. The lowest BCUT2D eigenvalue weighted by atomic mass is 10.1. The zero-order valence-corrected chi connectivity index (χ0v) is 7.92. The van der Waals surface area contributed by atoms with Gasteiger partial charge in [-0.1, -0.05) is 0 Å². The third-order valence-electron chi connectivity index (χ3n) is 1.67. The van der Waals surface area contributed by atoms with Crippen LogP contribution in [0.15, 0.2) is 6.20 Å². The Kier molecular flexibility index (Phi) is 3.17. The van der Waals surface area contributed by atoms with Crippen LogP contribution in [0.2, 0.25) is 0 Å². The number of rotatable bonds is 2. The van der Waals surface area contributed by atoms with Crippen molar-refractivity contribution in [3.8, 4) is 6.07 Å². The summed E-state index contributed by atoms with van der Waals surface area (Å²) in [5.74, 6) is 0. The number of pyridine rings is 1. The Morgan fingerprint density at radius 2 is 2.27 bits per heavy atom. The van der Waals surface area contributed by atoms with Gasteiger partial charge in [0.1, 0.15) is 6.07 Å².